The van der Waals surface area contributed by atoms with Crippen LogP contribution in [0.5, 0.6) is 0 Å². The molecule has 0 saturated heterocycles. The largest absolute Gasteiger partial charge is 0.378 e. The lowest BCUT2D eigenvalue weighted by atomic mass is 9.56. The van der Waals surface area contributed by atoms with Crippen molar-refractivity contribution in [1.82, 2.24) is 15.6 Å². The molecule has 7 heteroatoms. The Morgan fingerprint density at radius 1 is 1.42 bits per heavy atom. The van der Waals surface area contributed by atoms with E-state index in [4.69, 9.17) is 9.73 Å². The summed E-state index contributed by atoms with van der Waals surface area (Å²) in [4.78, 5) is 10.4. The second-order valence-electron chi connectivity index (χ2n) is 6.83. The first-order valence-electron chi connectivity index (χ1n) is 8.39. The van der Waals surface area contributed by atoms with Gasteiger partial charge in [-0.25, -0.2) is 9.98 Å². The fraction of sp³-hybridized carbons (Fsp3) is 0.765. The zero-order valence-corrected chi connectivity index (χ0v) is 18.7. The summed E-state index contributed by atoms with van der Waals surface area (Å²) in [5.74, 6) is 0.858. The van der Waals surface area contributed by atoms with Gasteiger partial charge in [-0.05, 0) is 26.7 Å². The maximum absolute atomic E-state index is 5.70. The first-order valence-corrected chi connectivity index (χ1v) is 9.21. The van der Waals surface area contributed by atoms with Crippen LogP contribution >= 0.6 is 35.3 Å². The second-order valence-corrected chi connectivity index (χ2v) is 8.03. The van der Waals surface area contributed by atoms with Gasteiger partial charge in [0.1, 0.15) is 5.01 Å². The van der Waals surface area contributed by atoms with Crippen LogP contribution in [-0.4, -0.2) is 36.2 Å². The van der Waals surface area contributed by atoms with E-state index in [-0.39, 0.29) is 35.0 Å². The monoisotopic (exact) mass is 466 g/mol. The molecule has 24 heavy (non-hydrogen) atoms. The molecule has 0 bridgehead atoms. The van der Waals surface area contributed by atoms with E-state index in [1.54, 1.807) is 18.4 Å². The quantitative estimate of drug-likeness (QED) is 0.382. The average Bonchev–Trinajstić information content (AvgIpc) is 3.00. The Balaban J connectivity index is 0.00000288. The number of guanidine groups is 1. The maximum atomic E-state index is 5.70. The summed E-state index contributed by atoms with van der Waals surface area (Å²) in [7, 11) is 1.80. The molecule has 2 unspecified atom stereocenters. The highest BCUT2D eigenvalue weighted by molar-refractivity contribution is 14.0. The van der Waals surface area contributed by atoms with Gasteiger partial charge in [0.15, 0.2) is 5.96 Å². The van der Waals surface area contributed by atoms with Crippen molar-refractivity contribution in [3.05, 3.63) is 16.1 Å². The van der Waals surface area contributed by atoms with Crippen molar-refractivity contribution in [2.45, 2.75) is 65.6 Å². The van der Waals surface area contributed by atoms with Crippen molar-refractivity contribution in [3.63, 3.8) is 0 Å². The van der Waals surface area contributed by atoms with Crippen LogP contribution in [0.3, 0.4) is 0 Å². The molecule has 5 nitrogen and oxygen atoms in total. The summed E-state index contributed by atoms with van der Waals surface area (Å²) in [5.41, 5.74) is -0.0121. The van der Waals surface area contributed by atoms with Crippen LogP contribution in [-0.2, 0) is 17.7 Å². The highest BCUT2D eigenvalue weighted by Gasteiger charge is 2.58. The first-order chi connectivity index (χ1) is 10.9. The van der Waals surface area contributed by atoms with Crippen molar-refractivity contribution < 1.29 is 4.74 Å². The van der Waals surface area contributed by atoms with Crippen LogP contribution < -0.4 is 10.6 Å². The Morgan fingerprint density at radius 2 is 2.12 bits per heavy atom. The summed E-state index contributed by atoms with van der Waals surface area (Å²) in [6.07, 6.45) is 3.97. The lowest BCUT2D eigenvalue weighted by Gasteiger charge is -2.59. The van der Waals surface area contributed by atoms with Crippen molar-refractivity contribution >= 4 is 41.3 Å². The van der Waals surface area contributed by atoms with Gasteiger partial charge in [-0.15, -0.1) is 35.3 Å². The maximum Gasteiger partial charge on any atom is 0.191 e. The molecule has 1 saturated carbocycles. The first kappa shape index (κ1) is 21.6. The number of hydrogen-bond acceptors (Lipinski definition) is 4. The van der Waals surface area contributed by atoms with Crippen molar-refractivity contribution in [3.8, 4) is 0 Å². The number of rotatable bonds is 6. The van der Waals surface area contributed by atoms with Crippen LogP contribution in [0.2, 0.25) is 0 Å². The molecule has 2 N–H and O–H groups in total. The van der Waals surface area contributed by atoms with E-state index in [0.717, 1.165) is 30.4 Å². The number of thiazole rings is 1. The summed E-state index contributed by atoms with van der Waals surface area (Å²) < 4.78 is 5.70. The van der Waals surface area contributed by atoms with Crippen molar-refractivity contribution in [2.24, 2.45) is 10.4 Å². The SMILES string of the molecule is CCNC(=NCc1ncc(CC)s1)NC1CC(C)(OC)C1(C)C.I. The number of nitrogens with one attached hydrogen (secondary N) is 2. The molecule has 2 rings (SSSR count). The molecular formula is C17H31IN4OS. The molecule has 1 fully saturated rings. The van der Waals surface area contributed by atoms with Crippen LogP contribution in [0.4, 0.5) is 0 Å². The Labute approximate surface area is 167 Å². The Kier molecular flexibility index (Phi) is 7.93. The third kappa shape index (κ3) is 4.40. The number of halogens is 1. The minimum Gasteiger partial charge on any atom is -0.378 e. The standard InChI is InChI=1S/C17H30N4OS.HI/c1-7-12-10-19-14(23-12)11-20-15(18-8-2)21-13-9-17(5,22-6)16(13,3)4;/h10,13H,7-9,11H2,1-6H3,(H2,18,20,21);1H. The van der Waals surface area contributed by atoms with E-state index in [2.05, 4.69) is 50.2 Å². The van der Waals surface area contributed by atoms with Gasteiger partial charge in [-0.2, -0.15) is 0 Å². The van der Waals surface area contributed by atoms with E-state index in [1.165, 1.54) is 4.88 Å². The molecule has 0 aliphatic heterocycles. The zero-order chi connectivity index (χ0) is 17.1. The molecule has 138 valence electrons. The highest BCUT2D eigenvalue weighted by Crippen LogP contribution is 2.51. The van der Waals surface area contributed by atoms with E-state index in [1.807, 2.05) is 6.20 Å². The molecule has 1 aliphatic rings. The molecule has 0 radical (unpaired) electrons. The number of ether oxygens (including phenoxy) is 1. The third-order valence-electron chi connectivity index (χ3n) is 5.26. The number of aromatic nitrogens is 1. The van der Waals surface area contributed by atoms with Gasteiger partial charge in [-0.1, -0.05) is 20.8 Å². The van der Waals surface area contributed by atoms with Crippen LogP contribution in [0.1, 0.15) is 50.9 Å². The van der Waals surface area contributed by atoms with Gasteiger partial charge < -0.3 is 15.4 Å². The normalized spacial score (nSPS) is 25.6. The van der Waals surface area contributed by atoms with E-state index < -0.39 is 0 Å². The predicted octanol–water partition coefficient (Wildman–Crippen LogP) is 3.58. The van der Waals surface area contributed by atoms with E-state index in [9.17, 15) is 0 Å². The van der Waals surface area contributed by atoms with E-state index >= 15 is 0 Å². The van der Waals surface area contributed by atoms with Gasteiger partial charge in [0, 0.05) is 36.2 Å². The molecule has 1 aliphatic carbocycles. The molecule has 0 aromatic carbocycles. The molecule has 1 aromatic rings. The van der Waals surface area contributed by atoms with Gasteiger partial charge in [0.2, 0.25) is 0 Å². The highest BCUT2D eigenvalue weighted by atomic mass is 127. The molecule has 0 spiro atoms. The second kappa shape index (κ2) is 8.80. The van der Waals surface area contributed by atoms with E-state index in [0.29, 0.717) is 12.6 Å². The average molecular weight is 466 g/mol. The lowest BCUT2D eigenvalue weighted by molar-refractivity contribution is -0.176. The van der Waals surface area contributed by atoms with Crippen molar-refractivity contribution in [2.75, 3.05) is 13.7 Å². The van der Waals surface area contributed by atoms with Gasteiger partial charge >= 0.3 is 0 Å². The molecule has 1 heterocycles. The van der Waals surface area contributed by atoms with Gasteiger partial charge in [0.05, 0.1) is 12.1 Å². The summed E-state index contributed by atoms with van der Waals surface area (Å²) in [6.45, 7) is 12.4. The van der Waals surface area contributed by atoms with Crippen molar-refractivity contribution in [1.29, 1.82) is 0 Å². The predicted molar refractivity (Wildman–Crippen MR) is 112 cm³/mol. The Morgan fingerprint density at radius 3 is 2.62 bits per heavy atom. The van der Waals surface area contributed by atoms with Gasteiger partial charge in [0.25, 0.3) is 0 Å². The minimum atomic E-state index is -0.0761. The lowest BCUT2D eigenvalue weighted by Crippen LogP contribution is -2.69. The Bertz CT molecular complexity index is 561. The van der Waals surface area contributed by atoms with Crippen LogP contribution in [0.25, 0.3) is 0 Å². The van der Waals surface area contributed by atoms with Gasteiger partial charge in [-0.3, -0.25) is 0 Å². The number of nitrogens with zero attached hydrogens (tertiary/aromatic N) is 2. The third-order valence-corrected chi connectivity index (χ3v) is 6.38. The fourth-order valence-corrected chi connectivity index (χ4v) is 3.73. The Hall–Kier alpha value is -0.410. The molecular weight excluding hydrogens is 435 g/mol. The smallest absolute Gasteiger partial charge is 0.191 e. The molecule has 0 amide bonds. The summed E-state index contributed by atoms with van der Waals surface area (Å²) in [6, 6.07) is 0.354. The minimum absolute atomic E-state index is 0. The summed E-state index contributed by atoms with van der Waals surface area (Å²) in [5, 5.41) is 7.96. The number of methoxy groups -OCH3 is 1. The number of hydrogen-bond donors (Lipinski definition) is 2. The zero-order valence-electron chi connectivity index (χ0n) is 15.6. The number of aliphatic imine (C=N–C) groups is 1. The fourth-order valence-electron chi connectivity index (χ4n) is 2.94. The number of aryl methyl sites for hydroxylation is 1. The van der Waals surface area contributed by atoms with Crippen LogP contribution in [0.15, 0.2) is 11.2 Å². The topological polar surface area (TPSA) is 58.5 Å². The molecule has 1 aromatic heterocycles. The molecule has 2 atom stereocenters. The van der Waals surface area contributed by atoms with Crippen LogP contribution in [0, 0.1) is 5.41 Å². The summed E-state index contributed by atoms with van der Waals surface area (Å²) >= 11 is 1.74.